The molecule has 2 aromatic rings. The molecule has 0 spiro atoms. The van der Waals surface area contributed by atoms with Crippen LogP contribution in [0.4, 0.5) is 0 Å². The lowest BCUT2D eigenvalue weighted by atomic mass is 10.2. The Morgan fingerprint density at radius 3 is 2.62 bits per heavy atom. The maximum Gasteiger partial charge on any atom is 0.272 e. The first kappa shape index (κ1) is 15.6. The zero-order chi connectivity index (χ0) is 15.2. The molecule has 112 valence electrons. The largest absolute Gasteiger partial charge is 0.332 e. The normalized spacial score (nSPS) is 10.6. The molecule has 0 bridgehead atoms. The molecule has 21 heavy (non-hydrogen) atoms. The van der Waals surface area contributed by atoms with Gasteiger partial charge in [0.15, 0.2) is 0 Å². The number of carbonyl (C=O) groups is 1. The highest BCUT2D eigenvalue weighted by Crippen LogP contribution is 2.12. The van der Waals surface area contributed by atoms with Gasteiger partial charge in [-0.05, 0) is 18.1 Å². The van der Waals surface area contributed by atoms with E-state index in [0.717, 1.165) is 17.7 Å². The molecule has 1 aromatic heterocycles. The van der Waals surface area contributed by atoms with Crippen LogP contribution < -0.4 is 0 Å². The van der Waals surface area contributed by atoms with Crippen molar-refractivity contribution >= 4 is 17.5 Å². The minimum absolute atomic E-state index is 0.0331. The van der Waals surface area contributed by atoms with Gasteiger partial charge in [-0.2, -0.15) is 5.10 Å². The molecule has 0 radical (unpaired) electrons. The van der Waals surface area contributed by atoms with E-state index in [1.807, 2.05) is 43.3 Å². The molecule has 0 atom stereocenters. The van der Waals surface area contributed by atoms with Gasteiger partial charge in [0.25, 0.3) is 5.91 Å². The fraction of sp³-hybridized carbons (Fsp3) is 0.375. The average molecular weight is 306 g/mol. The molecule has 0 unspecified atom stereocenters. The van der Waals surface area contributed by atoms with Gasteiger partial charge in [0.2, 0.25) is 0 Å². The molecule has 0 N–H and O–H groups in total. The molecule has 1 amide bonds. The first-order valence-electron chi connectivity index (χ1n) is 7.07. The van der Waals surface area contributed by atoms with Gasteiger partial charge >= 0.3 is 0 Å². The Labute approximate surface area is 130 Å². The standard InChI is InChI=1S/C16H20ClN3O/c1-3-14-11-15(19(2)18-14)16(21)20(10-9-17)12-13-7-5-4-6-8-13/h4-8,11H,3,9-10,12H2,1-2H3. The Balaban J connectivity index is 2.20. The van der Waals surface area contributed by atoms with Crippen LogP contribution in [0.3, 0.4) is 0 Å². The van der Waals surface area contributed by atoms with Crippen molar-refractivity contribution in [2.75, 3.05) is 12.4 Å². The third-order valence-electron chi connectivity index (χ3n) is 3.37. The topological polar surface area (TPSA) is 38.1 Å². The third-order valence-corrected chi connectivity index (χ3v) is 3.54. The van der Waals surface area contributed by atoms with E-state index >= 15 is 0 Å². The monoisotopic (exact) mass is 305 g/mol. The number of aromatic nitrogens is 2. The summed E-state index contributed by atoms with van der Waals surface area (Å²) in [5.41, 5.74) is 2.62. The number of alkyl halides is 1. The van der Waals surface area contributed by atoms with Crippen molar-refractivity contribution in [2.24, 2.45) is 7.05 Å². The van der Waals surface area contributed by atoms with E-state index in [2.05, 4.69) is 5.10 Å². The lowest BCUT2D eigenvalue weighted by molar-refractivity contribution is 0.0742. The average Bonchev–Trinajstić information content (AvgIpc) is 2.88. The number of amides is 1. The number of carbonyl (C=O) groups excluding carboxylic acids is 1. The lowest BCUT2D eigenvalue weighted by Crippen LogP contribution is -2.33. The highest BCUT2D eigenvalue weighted by atomic mass is 35.5. The van der Waals surface area contributed by atoms with Crippen LogP contribution >= 0.6 is 11.6 Å². The summed E-state index contributed by atoms with van der Waals surface area (Å²) in [5, 5.41) is 4.34. The van der Waals surface area contributed by atoms with E-state index in [1.54, 1.807) is 16.6 Å². The Morgan fingerprint density at radius 2 is 2.05 bits per heavy atom. The molecule has 2 rings (SSSR count). The van der Waals surface area contributed by atoms with Crippen LogP contribution in [0.1, 0.15) is 28.7 Å². The number of aryl methyl sites for hydroxylation is 2. The highest BCUT2D eigenvalue weighted by molar-refractivity contribution is 6.18. The van der Waals surface area contributed by atoms with Gasteiger partial charge in [0, 0.05) is 26.0 Å². The van der Waals surface area contributed by atoms with E-state index in [9.17, 15) is 4.79 Å². The zero-order valence-corrected chi connectivity index (χ0v) is 13.2. The summed E-state index contributed by atoms with van der Waals surface area (Å²) in [7, 11) is 1.80. The molecular weight excluding hydrogens is 286 g/mol. The molecule has 4 nitrogen and oxygen atoms in total. The van der Waals surface area contributed by atoms with Crippen molar-refractivity contribution in [3.63, 3.8) is 0 Å². The molecule has 0 fully saturated rings. The quantitative estimate of drug-likeness (QED) is 0.770. The van der Waals surface area contributed by atoms with Crippen LogP contribution in [-0.4, -0.2) is 33.0 Å². The van der Waals surface area contributed by atoms with Crippen molar-refractivity contribution in [1.82, 2.24) is 14.7 Å². The molecule has 1 aromatic carbocycles. The lowest BCUT2D eigenvalue weighted by Gasteiger charge is -2.21. The second-order valence-electron chi connectivity index (χ2n) is 4.90. The summed E-state index contributed by atoms with van der Waals surface area (Å²) < 4.78 is 1.65. The van der Waals surface area contributed by atoms with E-state index in [-0.39, 0.29) is 5.91 Å². The van der Waals surface area contributed by atoms with Crippen molar-refractivity contribution in [3.05, 3.63) is 53.3 Å². The summed E-state index contributed by atoms with van der Waals surface area (Å²) >= 11 is 5.85. The molecule has 0 aliphatic heterocycles. The predicted molar refractivity (Wildman–Crippen MR) is 84.5 cm³/mol. The number of hydrogen-bond acceptors (Lipinski definition) is 2. The smallest absolute Gasteiger partial charge is 0.272 e. The Kier molecular flexibility index (Phi) is 5.39. The van der Waals surface area contributed by atoms with Crippen LogP contribution in [0.2, 0.25) is 0 Å². The maximum atomic E-state index is 12.7. The van der Waals surface area contributed by atoms with Crippen LogP contribution in [0, 0.1) is 0 Å². The molecule has 0 aliphatic rings. The fourth-order valence-corrected chi connectivity index (χ4v) is 2.42. The second-order valence-corrected chi connectivity index (χ2v) is 5.28. The van der Waals surface area contributed by atoms with E-state index in [4.69, 9.17) is 11.6 Å². The first-order chi connectivity index (χ1) is 10.2. The van der Waals surface area contributed by atoms with Gasteiger partial charge in [-0.1, -0.05) is 37.3 Å². The molecule has 1 heterocycles. The molecule has 0 saturated heterocycles. The van der Waals surface area contributed by atoms with Crippen LogP contribution in [0.15, 0.2) is 36.4 Å². The van der Waals surface area contributed by atoms with Gasteiger partial charge < -0.3 is 4.90 Å². The van der Waals surface area contributed by atoms with Gasteiger partial charge in [0.1, 0.15) is 5.69 Å². The summed E-state index contributed by atoms with van der Waals surface area (Å²) in [6.07, 6.45) is 0.815. The van der Waals surface area contributed by atoms with E-state index in [0.29, 0.717) is 24.7 Å². The number of hydrogen-bond donors (Lipinski definition) is 0. The predicted octanol–water partition coefficient (Wildman–Crippen LogP) is 2.86. The molecular formula is C16H20ClN3O. The van der Waals surface area contributed by atoms with Crippen molar-refractivity contribution < 1.29 is 4.79 Å². The summed E-state index contributed by atoms with van der Waals surface area (Å²) in [6, 6.07) is 11.8. The Morgan fingerprint density at radius 1 is 1.33 bits per heavy atom. The number of nitrogens with zero attached hydrogens (tertiary/aromatic N) is 3. The third kappa shape index (κ3) is 3.85. The van der Waals surface area contributed by atoms with Crippen molar-refractivity contribution in [1.29, 1.82) is 0 Å². The van der Waals surface area contributed by atoms with Crippen LogP contribution in [0.25, 0.3) is 0 Å². The number of benzene rings is 1. The van der Waals surface area contributed by atoms with Gasteiger partial charge in [-0.3, -0.25) is 9.48 Å². The van der Waals surface area contributed by atoms with Crippen LogP contribution in [-0.2, 0) is 20.0 Å². The van der Waals surface area contributed by atoms with Crippen molar-refractivity contribution in [2.45, 2.75) is 19.9 Å². The van der Waals surface area contributed by atoms with Crippen molar-refractivity contribution in [3.8, 4) is 0 Å². The van der Waals surface area contributed by atoms with Gasteiger partial charge in [-0.15, -0.1) is 11.6 Å². The van der Waals surface area contributed by atoms with Gasteiger partial charge in [-0.25, -0.2) is 0 Å². The fourth-order valence-electron chi connectivity index (χ4n) is 2.22. The van der Waals surface area contributed by atoms with Gasteiger partial charge in [0.05, 0.1) is 5.69 Å². The Bertz CT molecular complexity index is 595. The van der Waals surface area contributed by atoms with E-state index < -0.39 is 0 Å². The molecule has 0 aliphatic carbocycles. The number of halogens is 1. The summed E-state index contributed by atoms with van der Waals surface area (Å²) in [5.74, 6) is 0.381. The number of rotatable bonds is 6. The summed E-state index contributed by atoms with van der Waals surface area (Å²) in [6.45, 7) is 3.10. The SMILES string of the molecule is CCc1cc(C(=O)N(CCCl)Cc2ccccc2)n(C)n1. The zero-order valence-electron chi connectivity index (χ0n) is 12.4. The molecule has 5 heteroatoms. The van der Waals surface area contributed by atoms with E-state index in [1.165, 1.54) is 0 Å². The highest BCUT2D eigenvalue weighted by Gasteiger charge is 2.19. The minimum Gasteiger partial charge on any atom is -0.332 e. The second kappa shape index (κ2) is 7.27. The minimum atomic E-state index is -0.0331. The Hall–Kier alpha value is -1.81. The first-order valence-corrected chi connectivity index (χ1v) is 7.61. The maximum absolute atomic E-state index is 12.7. The molecule has 0 saturated carbocycles. The van der Waals surface area contributed by atoms with Crippen LogP contribution in [0.5, 0.6) is 0 Å². The summed E-state index contributed by atoms with van der Waals surface area (Å²) in [4.78, 5) is 14.5.